The summed E-state index contributed by atoms with van der Waals surface area (Å²) in [4.78, 5) is 72.4. The Balaban J connectivity index is 5.27. The van der Waals surface area contributed by atoms with Gasteiger partial charge in [0, 0.05) is 25.7 Å². The lowest BCUT2D eigenvalue weighted by Gasteiger charge is -2.21. The van der Waals surface area contributed by atoms with Crippen LogP contribution in [0.15, 0.2) is 24.3 Å². The van der Waals surface area contributed by atoms with E-state index in [4.69, 9.17) is 37.0 Å². The molecular weight excluding hydrogens is 1170 g/mol. The van der Waals surface area contributed by atoms with Gasteiger partial charge in [0.25, 0.3) is 0 Å². The van der Waals surface area contributed by atoms with Gasteiger partial charge in [0.05, 0.1) is 26.4 Å². The highest BCUT2D eigenvalue weighted by molar-refractivity contribution is 7.47. The van der Waals surface area contributed by atoms with Crippen molar-refractivity contribution >= 4 is 39.5 Å². The van der Waals surface area contributed by atoms with Crippen LogP contribution in [-0.4, -0.2) is 96.7 Å². The molecule has 0 aliphatic rings. The van der Waals surface area contributed by atoms with Crippen molar-refractivity contribution in [1.82, 2.24) is 0 Å². The molecule has 0 rings (SSSR count). The summed E-state index contributed by atoms with van der Waals surface area (Å²) in [6.07, 6.45) is 46.9. The van der Waals surface area contributed by atoms with Crippen molar-refractivity contribution < 1.29 is 80.2 Å². The summed E-state index contributed by atoms with van der Waals surface area (Å²) in [5.41, 5.74) is 0. The standard InChI is InChI=1S/C70H132O17P2/c1-8-9-10-11-12-13-14-15-16-17-21-24-29-39-46-53-70(75)87-66(58-81-68(73)52-45-38-33-32-36-43-50-63(6)7)60-85-89(78,79)83-56-64(71)55-82-88(76,77)84-59-65(57-80-67(72)51-44-37-31-26-28-35-42-49-62(4)5)86-69(74)54-47-40-30-25-22-19-18-20-23-27-34-41-48-61(2)3/h13-16,61-66,71H,8-12,17-60H2,1-7H3,(H,76,77)(H,78,79)/b14-13-,16-15-/t64?,65-,66-/m1/s1. The number of phosphoric ester groups is 2. The van der Waals surface area contributed by atoms with Crippen LogP contribution in [0, 0.1) is 17.8 Å². The molecule has 17 nitrogen and oxygen atoms in total. The molecule has 0 aromatic rings. The largest absolute Gasteiger partial charge is 0.472 e. The summed E-state index contributed by atoms with van der Waals surface area (Å²) in [5, 5.41) is 10.6. The van der Waals surface area contributed by atoms with Gasteiger partial charge in [0.15, 0.2) is 12.2 Å². The topological polar surface area (TPSA) is 237 Å². The van der Waals surface area contributed by atoms with E-state index in [1.165, 1.54) is 109 Å². The lowest BCUT2D eigenvalue weighted by molar-refractivity contribution is -0.161. The highest BCUT2D eigenvalue weighted by Crippen LogP contribution is 2.45. The molecule has 0 bridgehead atoms. The van der Waals surface area contributed by atoms with Crippen LogP contribution in [0.1, 0.15) is 325 Å². The van der Waals surface area contributed by atoms with Crippen molar-refractivity contribution in [3.63, 3.8) is 0 Å². The second kappa shape index (κ2) is 60.5. The summed E-state index contributed by atoms with van der Waals surface area (Å²) in [6.45, 7) is 11.6. The van der Waals surface area contributed by atoms with Gasteiger partial charge in [-0.15, -0.1) is 0 Å². The Morgan fingerprint density at radius 2 is 0.607 bits per heavy atom. The molecule has 0 heterocycles. The molecule has 0 fully saturated rings. The van der Waals surface area contributed by atoms with Gasteiger partial charge < -0.3 is 33.8 Å². The van der Waals surface area contributed by atoms with E-state index in [1.807, 2.05) is 0 Å². The van der Waals surface area contributed by atoms with E-state index in [9.17, 15) is 43.2 Å². The average molecular weight is 1310 g/mol. The number of allylic oxidation sites excluding steroid dienone is 4. The molecule has 3 N–H and O–H groups in total. The molecule has 3 unspecified atom stereocenters. The maximum atomic E-state index is 13.0. The quantitative estimate of drug-likeness (QED) is 0.0169. The Hall–Kier alpha value is -2.46. The van der Waals surface area contributed by atoms with Crippen LogP contribution in [0.25, 0.3) is 0 Å². The minimum absolute atomic E-state index is 0.0834. The van der Waals surface area contributed by atoms with Crippen LogP contribution in [0.3, 0.4) is 0 Å². The molecule has 0 aliphatic carbocycles. The number of phosphoric acid groups is 2. The van der Waals surface area contributed by atoms with Crippen molar-refractivity contribution in [3.05, 3.63) is 24.3 Å². The maximum absolute atomic E-state index is 13.0. The van der Waals surface area contributed by atoms with Crippen LogP contribution < -0.4 is 0 Å². The Bertz CT molecular complexity index is 1840. The number of ether oxygens (including phenoxy) is 4. The Labute approximate surface area is 542 Å². The average Bonchev–Trinajstić information content (AvgIpc) is 3.58. The zero-order valence-corrected chi connectivity index (χ0v) is 59.2. The van der Waals surface area contributed by atoms with Gasteiger partial charge in [-0.25, -0.2) is 9.13 Å². The first-order valence-corrected chi connectivity index (χ1v) is 38.7. The highest BCUT2D eigenvalue weighted by Gasteiger charge is 2.30. The highest BCUT2D eigenvalue weighted by atomic mass is 31.2. The van der Waals surface area contributed by atoms with E-state index in [0.29, 0.717) is 37.5 Å². The normalized spacial score (nSPS) is 14.4. The third-order valence-corrected chi connectivity index (χ3v) is 17.4. The predicted octanol–water partition coefficient (Wildman–Crippen LogP) is 19.4. The molecule has 0 radical (unpaired) electrons. The number of hydrogen-bond acceptors (Lipinski definition) is 15. The second-order valence-corrected chi connectivity index (χ2v) is 28.9. The van der Waals surface area contributed by atoms with E-state index in [1.54, 1.807) is 0 Å². The number of carbonyl (C=O) groups excluding carboxylic acids is 4. The number of aliphatic hydroxyl groups excluding tert-OH is 1. The van der Waals surface area contributed by atoms with Crippen molar-refractivity contribution in [2.24, 2.45) is 17.8 Å². The Morgan fingerprint density at radius 3 is 0.910 bits per heavy atom. The maximum Gasteiger partial charge on any atom is 0.472 e. The number of aliphatic hydroxyl groups is 1. The minimum atomic E-state index is -4.96. The zero-order valence-electron chi connectivity index (χ0n) is 57.4. The first kappa shape index (κ1) is 86.5. The van der Waals surface area contributed by atoms with Crippen molar-refractivity contribution in [2.45, 2.75) is 343 Å². The molecule has 0 spiro atoms. The van der Waals surface area contributed by atoms with E-state index in [-0.39, 0.29) is 25.7 Å². The summed E-state index contributed by atoms with van der Waals surface area (Å²) in [5.74, 6) is -0.00583. The van der Waals surface area contributed by atoms with Gasteiger partial charge in [0.1, 0.15) is 19.3 Å². The van der Waals surface area contributed by atoms with Crippen LogP contribution >= 0.6 is 15.6 Å². The van der Waals surface area contributed by atoms with Crippen LogP contribution in [-0.2, 0) is 65.4 Å². The first-order valence-electron chi connectivity index (χ1n) is 35.7. The SMILES string of the molecule is CCCCCC/C=C\C=C/CCCCCCCC(=O)O[C@H](COC(=O)CCCCCCCCC(C)C)COP(=O)(O)OCC(O)COP(=O)(O)OC[C@@H](COC(=O)CCCCCCCCCC(C)C)OC(=O)CCCCCCCCCCCCCCC(C)C. The summed E-state index contributed by atoms with van der Waals surface area (Å²) in [6, 6.07) is 0. The predicted molar refractivity (Wildman–Crippen MR) is 358 cm³/mol. The summed E-state index contributed by atoms with van der Waals surface area (Å²) in [7, 11) is -9.91. The van der Waals surface area contributed by atoms with Crippen LogP contribution in [0.2, 0.25) is 0 Å². The fraction of sp³-hybridized carbons (Fsp3) is 0.886. The fourth-order valence-electron chi connectivity index (χ4n) is 10.0. The molecule has 0 saturated carbocycles. The zero-order chi connectivity index (χ0) is 65.9. The lowest BCUT2D eigenvalue weighted by Crippen LogP contribution is -2.30. The minimum Gasteiger partial charge on any atom is -0.462 e. The monoisotopic (exact) mass is 1310 g/mol. The summed E-state index contributed by atoms with van der Waals surface area (Å²) >= 11 is 0. The number of rotatable bonds is 66. The number of carbonyl (C=O) groups is 4. The van der Waals surface area contributed by atoms with Gasteiger partial charge in [-0.2, -0.15) is 0 Å². The smallest absolute Gasteiger partial charge is 0.462 e. The van der Waals surface area contributed by atoms with Gasteiger partial charge in [-0.05, 0) is 69.1 Å². The van der Waals surface area contributed by atoms with Gasteiger partial charge in [-0.3, -0.25) is 37.3 Å². The molecule has 5 atom stereocenters. The lowest BCUT2D eigenvalue weighted by atomic mass is 10.0. The Morgan fingerprint density at radius 1 is 0.348 bits per heavy atom. The fourth-order valence-corrected chi connectivity index (χ4v) is 11.6. The van der Waals surface area contributed by atoms with Crippen LogP contribution in [0.4, 0.5) is 0 Å². The molecule has 0 amide bonds. The molecular formula is C70H132O17P2. The third kappa shape index (κ3) is 64.1. The summed E-state index contributed by atoms with van der Waals surface area (Å²) < 4.78 is 68.2. The number of esters is 4. The van der Waals surface area contributed by atoms with E-state index >= 15 is 0 Å². The van der Waals surface area contributed by atoms with Gasteiger partial charge >= 0.3 is 39.5 Å². The Kier molecular flexibility index (Phi) is 58.8. The van der Waals surface area contributed by atoms with Crippen molar-refractivity contribution in [1.29, 1.82) is 0 Å². The number of unbranched alkanes of at least 4 members (excludes halogenated alkanes) is 31. The van der Waals surface area contributed by atoms with Crippen molar-refractivity contribution in [2.75, 3.05) is 39.6 Å². The first-order chi connectivity index (χ1) is 42.7. The number of hydrogen-bond donors (Lipinski definition) is 3. The molecule has 0 aromatic carbocycles. The van der Waals surface area contributed by atoms with E-state index in [0.717, 1.165) is 121 Å². The molecule has 89 heavy (non-hydrogen) atoms. The van der Waals surface area contributed by atoms with Crippen molar-refractivity contribution in [3.8, 4) is 0 Å². The molecule has 0 saturated heterocycles. The van der Waals surface area contributed by atoms with Gasteiger partial charge in [-0.1, -0.05) is 272 Å². The van der Waals surface area contributed by atoms with Crippen LogP contribution in [0.5, 0.6) is 0 Å². The molecule has 0 aromatic heterocycles. The van der Waals surface area contributed by atoms with E-state index in [2.05, 4.69) is 72.8 Å². The molecule has 524 valence electrons. The second-order valence-electron chi connectivity index (χ2n) is 26.0. The van der Waals surface area contributed by atoms with E-state index < -0.39 is 97.5 Å². The van der Waals surface area contributed by atoms with Gasteiger partial charge in [0.2, 0.25) is 0 Å². The molecule has 19 heteroatoms. The third-order valence-electron chi connectivity index (χ3n) is 15.5. The molecule has 0 aliphatic heterocycles.